The molecule has 1 fully saturated rings. The number of ether oxygens (including phenoxy) is 1. The summed E-state index contributed by atoms with van der Waals surface area (Å²) in [5, 5.41) is 11.9. The zero-order valence-corrected chi connectivity index (χ0v) is 12.7. The van der Waals surface area contributed by atoms with Crippen molar-refractivity contribution in [2.75, 3.05) is 6.61 Å². The largest absolute Gasteiger partial charge is 0.492 e. The molecule has 6 heteroatoms. The number of carbonyl (C=O) groups is 2. The highest BCUT2D eigenvalue weighted by Gasteiger charge is 2.39. The monoisotopic (exact) mass is 348 g/mol. The molecule has 1 aromatic rings. The van der Waals surface area contributed by atoms with Gasteiger partial charge in [-0.1, -0.05) is 15.9 Å². The lowest BCUT2D eigenvalue weighted by Gasteiger charge is -2.13. The standard InChI is InChI=1S/C15H13BrN2O3/c16-8-1-4-13-10(5-8)12(7-21-13)14(19)11(6-17)15(20)18-9-2-3-9/h1,4-5,9,11-12H,2-3,7H2,(H,18,20). The molecule has 2 atom stereocenters. The summed E-state index contributed by atoms with van der Waals surface area (Å²) in [6, 6.07) is 7.36. The summed E-state index contributed by atoms with van der Waals surface area (Å²) in [6.45, 7) is 0.180. The maximum absolute atomic E-state index is 12.5. The van der Waals surface area contributed by atoms with Crippen LogP contribution >= 0.6 is 15.9 Å². The van der Waals surface area contributed by atoms with Gasteiger partial charge in [-0.05, 0) is 31.0 Å². The first kappa shape index (κ1) is 14.1. The van der Waals surface area contributed by atoms with Crippen LogP contribution in [0.2, 0.25) is 0 Å². The van der Waals surface area contributed by atoms with Crippen LogP contribution in [0.1, 0.15) is 24.3 Å². The maximum Gasteiger partial charge on any atom is 0.245 e. The number of ketones is 1. The number of carbonyl (C=O) groups excluding carboxylic acids is 2. The number of halogens is 1. The number of Topliss-reactive ketones (excluding diaryl/α,β-unsaturated/α-hetero) is 1. The Labute approximate surface area is 130 Å². The number of nitrogens with zero attached hydrogens (tertiary/aromatic N) is 1. The van der Waals surface area contributed by atoms with Gasteiger partial charge in [0.25, 0.3) is 0 Å². The van der Waals surface area contributed by atoms with E-state index >= 15 is 0 Å². The molecule has 5 nitrogen and oxygen atoms in total. The molecular weight excluding hydrogens is 336 g/mol. The zero-order chi connectivity index (χ0) is 15.0. The zero-order valence-electron chi connectivity index (χ0n) is 11.1. The van der Waals surface area contributed by atoms with E-state index in [-0.39, 0.29) is 12.6 Å². The molecule has 1 heterocycles. The summed E-state index contributed by atoms with van der Waals surface area (Å²) in [6.07, 6.45) is 1.83. The van der Waals surface area contributed by atoms with Gasteiger partial charge in [-0.2, -0.15) is 5.26 Å². The summed E-state index contributed by atoms with van der Waals surface area (Å²) in [4.78, 5) is 24.5. The fourth-order valence-corrected chi connectivity index (χ4v) is 2.76. The molecule has 1 aliphatic carbocycles. The molecule has 1 amide bonds. The van der Waals surface area contributed by atoms with Gasteiger partial charge in [-0.3, -0.25) is 9.59 Å². The fraction of sp³-hybridized carbons (Fsp3) is 0.400. The molecule has 0 spiro atoms. The van der Waals surface area contributed by atoms with Crippen molar-refractivity contribution in [1.29, 1.82) is 5.26 Å². The lowest BCUT2D eigenvalue weighted by molar-refractivity contribution is -0.132. The number of fused-ring (bicyclic) bond motifs is 1. The van der Waals surface area contributed by atoms with Crippen LogP contribution in [0.25, 0.3) is 0 Å². The molecule has 0 bridgehead atoms. The van der Waals surface area contributed by atoms with E-state index in [2.05, 4.69) is 21.2 Å². The molecule has 1 N–H and O–H groups in total. The third-order valence-electron chi connectivity index (χ3n) is 3.70. The van der Waals surface area contributed by atoms with Crippen molar-refractivity contribution >= 4 is 27.6 Å². The van der Waals surface area contributed by atoms with Crippen molar-refractivity contribution in [2.24, 2.45) is 5.92 Å². The van der Waals surface area contributed by atoms with Crippen LogP contribution in [0, 0.1) is 17.2 Å². The van der Waals surface area contributed by atoms with E-state index in [1.165, 1.54) is 0 Å². The summed E-state index contributed by atoms with van der Waals surface area (Å²) in [5.41, 5.74) is 0.730. The van der Waals surface area contributed by atoms with Crippen LogP contribution < -0.4 is 10.1 Å². The van der Waals surface area contributed by atoms with E-state index in [1.54, 1.807) is 12.1 Å². The molecular formula is C15H13BrN2O3. The summed E-state index contributed by atoms with van der Waals surface area (Å²) >= 11 is 3.35. The summed E-state index contributed by atoms with van der Waals surface area (Å²) in [7, 11) is 0. The first-order valence-electron chi connectivity index (χ1n) is 6.76. The molecule has 0 aromatic heterocycles. The second kappa shape index (κ2) is 5.49. The Morgan fingerprint density at radius 3 is 2.86 bits per heavy atom. The third-order valence-corrected chi connectivity index (χ3v) is 4.19. The first-order valence-corrected chi connectivity index (χ1v) is 7.55. The Morgan fingerprint density at radius 1 is 1.43 bits per heavy atom. The second-order valence-corrected chi connectivity index (χ2v) is 6.21. The molecule has 21 heavy (non-hydrogen) atoms. The third kappa shape index (κ3) is 2.79. The van der Waals surface area contributed by atoms with E-state index in [0.717, 1.165) is 22.9 Å². The van der Waals surface area contributed by atoms with Crippen molar-refractivity contribution in [1.82, 2.24) is 5.32 Å². The van der Waals surface area contributed by atoms with Crippen molar-refractivity contribution in [3.8, 4) is 11.8 Å². The van der Waals surface area contributed by atoms with Gasteiger partial charge in [0.15, 0.2) is 11.7 Å². The van der Waals surface area contributed by atoms with Crippen molar-refractivity contribution < 1.29 is 14.3 Å². The van der Waals surface area contributed by atoms with Crippen LogP contribution in [0.15, 0.2) is 22.7 Å². The highest BCUT2D eigenvalue weighted by molar-refractivity contribution is 9.10. The molecule has 2 unspecified atom stereocenters. The Morgan fingerprint density at radius 2 is 2.19 bits per heavy atom. The number of rotatable bonds is 4. The van der Waals surface area contributed by atoms with Crippen molar-refractivity contribution in [3.63, 3.8) is 0 Å². The van der Waals surface area contributed by atoms with Gasteiger partial charge in [0.1, 0.15) is 12.4 Å². The highest BCUT2D eigenvalue weighted by atomic mass is 79.9. The van der Waals surface area contributed by atoms with Crippen LogP contribution in [0.3, 0.4) is 0 Å². The molecule has 0 radical (unpaired) electrons. The number of nitriles is 1. The van der Waals surface area contributed by atoms with Crippen molar-refractivity contribution in [2.45, 2.75) is 24.8 Å². The molecule has 3 rings (SSSR count). The van der Waals surface area contributed by atoms with Crippen LogP contribution in [-0.4, -0.2) is 24.3 Å². The SMILES string of the molecule is N#CC(C(=O)NC1CC1)C(=O)C1COc2ccc(Br)cc21. The van der Waals surface area contributed by atoms with E-state index in [0.29, 0.717) is 5.75 Å². The molecule has 1 saturated carbocycles. The van der Waals surface area contributed by atoms with E-state index in [1.807, 2.05) is 12.1 Å². The van der Waals surface area contributed by atoms with E-state index in [4.69, 9.17) is 4.74 Å². The van der Waals surface area contributed by atoms with Crippen molar-refractivity contribution in [3.05, 3.63) is 28.2 Å². The second-order valence-electron chi connectivity index (χ2n) is 5.29. The predicted octanol–water partition coefficient (Wildman–Crippen LogP) is 1.91. The Kier molecular flexibility index (Phi) is 3.68. The average molecular weight is 349 g/mol. The minimum atomic E-state index is -1.27. The minimum Gasteiger partial charge on any atom is -0.492 e. The molecule has 1 aliphatic heterocycles. The predicted molar refractivity (Wildman–Crippen MR) is 77.7 cm³/mol. The van der Waals surface area contributed by atoms with Crippen LogP contribution in [-0.2, 0) is 9.59 Å². The van der Waals surface area contributed by atoms with Gasteiger partial charge >= 0.3 is 0 Å². The number of hydrogen-bond donors (Lipinski definition) is 1. The number of nitrogens with one attached hydrogen (secondary N) is 1. The van der Waals surface area contributed by atoms with Gasteiger partial charge < -0.3 is 10.1 Å². The summed E-state index contributed by atoms with van der Waals surface area (Å²) < 4.78 is 6.31. The average Bonchev–Trinajstić information content (AvgIpc) is 3.16. The fourth-order valence-electron chi connectivity index (χ4n) is 2.39. The first-order chi connectivity index (χ1) is 10.1. The van der Waals surface area contributed by atoms with Gasteiger partial charge in [-0.25, -0.2) is 0 Å². The normalized spacial score (nSPS) is 20.9. The van der Waals surface area contributed by atoms with Gasteiger partial charge in [-0.15, -0.1) is 0 Å². The molecule has 2 aliphatic rings. The maximum atomic E-state index is 12.5. The Hall–Kier alpha value is -1.87. The molecule has 0 saturated heterocycles. The lowest BCUT2D eigenvalue weighted by atomic mass is 9.89. The lowest BCUT2D eigenvalue weighted by Crippen LogP contribution is -2.38. The quantitative estimate of drug-likeness (QED) is 0.843. The smallest absolute Gasteiger partial charge is 0.245 e. The van der Waals surface area contributed by atoms with Crippen LogP contribution in [0.4, 0.5) is 0 Å². The summed E-state index contributed by atoms with van der Waals surface area (Å²) in [5.74, 6) is -2.09. The Balaban J connectivity index is 1.80. The van der Waals surface area contributed by atoms with Crippen LogP contribution in [0.5, 0.6) is 5.75 Å². The highest BCUT2D eigenvalue weighted by Crippen LogP contribution is 2.37. The van der Waals surface area contributed by atoms with Gasteiger partial charge in [0.2, 0.25) is 5.91 Å². The number of hydrogen-bond acceptors (Lipinski definition) is 4. The van der Waals surface area contributed by atoms with Gasteiger partial charge in [0.05, 0.1) is 12.0 Å². The van der Waals surface area contributed by atoms with Gasteiger partial charge in [0, 0.05) is 16.1 Å². The topological polar surface area (TPSA) is 79.2 Å². The van der Waals surface area contributed by atoms with E-state index in [9.17, 15) is 14.9 Å². The molecule has 108 valence electrons. The molecule has 1 aromatic carbocycles. The van der Waals surface area contributed by atoms with E-state index < -0.39 is 23.5 Å². The number of amides is 1. The minimum absolute atomic E-state index is 0.127. The number of benzene rings is 1. The Bertz CT molecular complexity index is 649.